The summed E-state index contributed by atoms with van der Waals surface area (Å²) in [6.45, 7) is 6.38. The lowest BCUT2D eigenvalue weighted by Gasteiger charge is -2.36. The monoisotopic (exact) mass is 317 g/mol. The SMILES string of the molecule is CN1CCCC(CNC(=O)N2CCN(c3ccncc3)CC2)C1. The summed E-state index contributed by atoms with van der Waals surface area (Å²) in [5.74, 6) is 0.593. The van der Waals surface area contributed by atoms with E-state index in [0.29, 0.717) is 5.92 Å². The smallest absolute Gasteiger partial charge is 0.317 e. The van der Waals surface area contributed by atoms with Crippen LogP contribution in [0.2, 0.25) is 0 Å². The molecule has 1 N–H and O–H groups in total. The number of hydrogen-bond acceptors (Lipinski definition) is 4. The van der Waals surface area contributed by atoms with Gasteiger partial charge >= 0.3 is 6.03 Å². The Labute approximate surface area is 138 Å². The molecular weight excluding hydrogens is 290 g/mol. The van der Waals surface area contributed by atoms with Crippen molar-refractivity contribution in [1.82, 2.24) is 20.1 Å². The molecule has 0 aromatic carbocycles. The number of carbonyl (C=O) groups excluding carboxylic acids is 1. The fraction of sp³-hybridized carbons (Fsp3) is 0.647. The first-order valence-electron chi connectivity index (χ1n) is 8.58. The Bertz CT molecular complexity index is 501. The van der Waals surface area contributed by atoms with Crippen LogP contribution in [-0.2, 0) is 0 Å². The summed E-state index contributed by atoms with van der Waals surface area (Å²) in [4.78, 5) is 23.0. The first-order chi connectivity index (χ1) is 11.2. The highest BCUT2D eigenvalue weighted by Crippen LogP contribution is 2.16. The first-order valence-corrected chi connectivity index (χ1v) is 8.58. The van der Waals surface area contributed by atoms with E-state index in [-0.39, 0.29) is 6.03 Å². The number of pyridine rings is 1. The van der Waals surface area contributed by atoms with Crippen LogP contribution in [-0.4, -0.2) is 73.7 Å². The quantitative estimate of drug-likeness (QED) is 0.912. The molecule has 2 fully saturated rings. The average molecular weight is 317 g/mol. The lowest BCUT2D eigenvalue weighted by Crippen LogP contribution is -2.52. The number of urea groups is 1. The van der Waals surface area contributed by atoms with E-state index in [2.05, 4.69) is 27.1 Å². The van der Waals surface area contributed by atoms with Crippen molar-refractivity contribution in [2.24, 2.45) is 5.92 Å². The summed E-state index contributed by atoms with van der Waals surface area (Å²) in [7, 11) is 2.16. The van der Waals surface area contributed by atoms with Gasteiger partial charge in [-0.3, -0.25) is 4.98 Å². The summed E-state index contributed by atoms with van der Waals surface area (Å²) in [5, 5.41) is 3.13. The van der Waals surface area contributed by atoms with Gasteiger partial charge in [-0.25, -0.2) is 4.79 Å². The maximum atomic E-state index is 12.3. The van der Waals surface area contributed by atoms with Gasteiger partial charge in [0.2, 0.25) is 0 Å². The zero-order valence-corrected chi connectivity index (χ0v) is 13.9. The molecule has 2 aliphatic heterocycles. The van der Waals surface area contributed by atoms with E-state index in [1.807, 2.05) is 29.4 Å². The van der Waals surface area contributed by atoms with Gasteiger partial charge < -0.3 is 20.0 Å². The Morgan fingerprint density at radius 1 is 1.22 bits per heavy atom. The van der Waals surface area contributed by atoms with E-state index in [4.69, 9.17) is 0 Å². The van der Waals surface area contributed by atoms with Crippen LogP contribution in [0, 0.1) is 5.92 Å². The van der Waals surface area contributed by atoms with E-state index >= 15 is 0 Å². The predicted octanol–water partition coefficient (Wildman–Crippen LogP) is 1.25. The topological polar surface area (TPSA) is 51.7 Å². The van der Waals surface area contributed by atoms with Gasteiger partial charge in [0.05, 0.1) is 0 Å². The normalized spacial score (nSPS) is 22.9. The van der Waals surface area contributed by atoms with Crippen LogP contribution in [0.1, 0.15) is 12.8 Å². The molecule has 0 spiro atoms. The molecule has 3 heterocycles. The zero-order chi connectivity index (χ0) is 16.1. The summed E-state index contributed by atoms with van der Waals surface area (Å²) >= 11 is 0. The van der Waals surface area contributed by atoms with Gasteiger partial charge in [-0.15, -0.1) is 0 Å². The standard InChI is InChI=1S/C17H27N5O/c1-20-8-2-3-15(14-20)13-19-17(23)22-11-9-21(10-12-22)16-4-6-18-7-5-16/h4-7,15H,2-3,8-14H2,1H3,(H,19,23). The van der Waals surface area contributed by atoms with Crippen molar-refractivity contribution in [3.8, 4) is 0 Å². The molecule has 1 aromatic heterocycles. The van der Waals surface area contributed by atoms with Gasteiger partial charge in [0, 0.05) is 57.3 Å². The van der Waals surface area contributed by atoms with Gasteiger partial charge in [0.15, 0.2) is 0 Å². The molecule has 0 aliphatic carbocycles. The highest BCUT2D eigenvalue weighted by atomic mass is 16.2. The van der Waals surface area contributed by atoms with Crippen LogP contribution in [0.25, 0.3) is 0 Å². The van der Waals surface area contributed by atoms with Crippen LogP contribution in [0.4, 0.5) is 10.5 Å². The fourth-order valence-electron chi connectivity index (χ4n) is 3.51. The molecule has 6 heteroatoms. The van der Waals surface area contributed by atoms with Crippen molar-refractivity contribution < 1.29 is 4.79 Å². The fourth-order valence-corrected chi connectivity index (χ4v) is 3.51. The third-order valence-electron chi connectivity index (χ3n) is 4.86. The molecule has 1 unspecified atom stereocenters. The molecule has 126 valence electrons. The van der Waals surface area contributed by atoms with Gasteiger partial charge in [-0.2, -0.15) is 0 Å². The maximum absolute atomic E-state index is 12.3. The third-order valence-corrected chi connectivity index (χ3v) is 4.86. The minimum atomic E-state index is 0.0904. The highest BCUT2D eigenvalue weighted by molar-refractivity contribution is 5.74. The summed E-state index contributed by atoms with van der Waals surface area (Å²) < 4.78 is 0. The molecule has 0 bridgehead atoms. The minimum Gasteiger partial charge on any atom is -0.368 e. The highest BCUT2D eigenvalue weighted by Gasteiger charge is 2.23. The molecule has 6 nitrogen and oxygen atoms in total. The Morgan fingerprint density at radius 2 is 1.96 bits per heavy atom. The molecule has 0 saturated carbocycles. The van der Waals surface area contributed by atoms with Crippen molar-refractivity contribution in [3.63, 3.8) is 0 Å². The van der Waals surface area contributed by atoms with Crippen molar-refractivity contribution in [3.05, 3.63) is 24.5 Å². The number of rotatable bonds is 3. The number of anilines is 1. The molecule has 2 saturated heterocycles. The Hall–Kier alpha value is -1.82. The number of aromatic nitrogens is 1. The number of nitrogens with one attached hydrogen (secondary N) is 1. The average Bonchev–Trinajstić information content (AvgIpc) is 2.61. The van der Waals surface area contributed by atoms with Crippen LogP contribution in [0.3, 0.4) is 0 Å². The Morgan fingerprint density at radius 3 is 2.65 bits per heavy atom. The van der Waals surface area contributed by atoms with E-state index < -0.39 is 0 Å². The number of likely N-dealkylation sites (tertiary alicyclic amines) is 1. The number of piperidine rings is 1. The van der Waals surface area contributed by atoms with Crippen molar-refractivity contribution >= 4 is 11.7 Å². The van der Waals surface area contributed by atoms with Crippen molar-refractivity contribution in [2.75, 3.05) is 57.8 Å². The largest absolute Gasteiger partial charge is 0.368 e. The minimum absolute atomic E-state index is 0.0904. The van der Waals surface area contributed by atoms with Gasteiger partial charge in [0.25, 0.3) is 0 Å². The molecule has 1 atom stereocenters. The number of piperazine rings is 1. The molecule has 0 radical (unpaired) electrons. The first kappa shape index (κ1) is 16.1. The van der Waals surface area contributed by atoms with Crippen LogP contribution >= 0.6 is 0 Å². The van der Waals surface area contributed by atoms with Gasteiger partial charge in [0.1, 0.15) is 0 Å². The molecule has 23 heavy (non-hydrogen) atoms. The summed E-state index contributed by atoms with van der Waals surface area (Å²) in [6.07, 6.45) is 6.09. The van der Waals surface area contributed by atoms with E-state index in [9.17, 15) is 4.79 Å². The second kappa shape index (κ2) is 7.64. The molecule has 1 aromatic rings. The number of amides is 2. The third kappa shape index (κ3) is 4.34. The summed E-state index contributed by atoms with van der Waals surface area (Å²) in [5.41, 5.74) is 1.19. The van der Waals surface area contributed by atoms with E-state index in [0.717, 1.165) is 39.3 Å². The number of nitrogens with zero attached hydrogens (tertiary/aromatic N) is 4. The van der Waals surface area contributed by atoms with Gasteiger partial charge in [-0.05, 0) is 44.5 Å². The number of hydrogen-bond donors (Lipinski definition) is 1. The second-order valence-corrected chi connectivity index (χ2v) is 6.64. The molecular formula is C17H27N5O. The van der Waals surface area contributed by atoms with Crippen molar-refractivity contribution in [1.29, 1.82) is 0 Å². The van der Waals surface area contributed by atoms with E-state index in [1.165, 1.54) is 25.1 Å². The number of carbonyl (C=O) groups is 1. The van der Waals surface area contributed by atoms with Crippen LogP contribution in [0.5, 0.6) is 0 Å². The predicted molar refractivity (Wildman–Crippen MR) is 91.6 cm³/mol. The lowest BCUT2D eigenvalue weighted by molar-refractivity contribution is 0.180. The zero-order valence-electron chi connectivity index (χ0n) is 13.9. The molecule has 2 amide bonds. The van der Waals surface area contributed by atoms with Gasteiger partial charge in [-0.1, -0.05) is 0 Å². The Balaban J connectivity index is 1.41. The Kier molecular flexibility index (Phi) is 5.33. The lowest BCUT2D eigenvalue weighted by atomic mass is 9.99. The van der Waals surface area contributed by atoms with Crippen LogP contribution in [0.15, 0.2) is 24.5 Å². The summed E-state index contributed by atoms with van der Waals surface area (Å²) in [6, 6.07) is 4.14. The van der Waals surface area contributed by atoms with Crippen molar-refractivity contribution in [2.45, 2.75) is 12.8 Å². The van der Waals surface area contributed by atoms with Crippen LogP contribution < -0.4 is 10.2 Å². The molecule has 3 rings (SSSR count). The van der Waals surface area contributed by atoms with E-state index in [1.54, 1.807) is 0 Å². The maximum Gasteiger partial charge on any atom is 0.317 e. The molecule has 2 aliphatic rings. The second-order valence-electron chi connectivity index (χ2n) is 6.64.